The zero-order chi connectivity index (χ0) is 27.0. The minimum absolute atomic E-state index is 0.126. The Morgan fingerprint density at radius 1 is 1.09 bits per heavy atom. The van der Waals surface area contributed by atoms with Gasteiger partial charge in [-0.15, -0.1) is 0 Å². The molecule has 2 aliphatic carbocycles. The fourth-order valence-corrected chi connectivity index (χ4v) is 5.77. The van der Waals surface area contributed by atoms with Crippen LogP contribution in [0.5, 0.6) is 0 Å². The SMILES string of the molecule is C=C1/C(=C\C=C\[C@@H]2CC[C@](C)([C@H](C)CCCC(O)(C(F)(F)F)C(F)(F)F)C2(C)C)C[C@@H](O)C[C@@H]1O. The largest absolute Gasteiger partial charge is 0.426 e. The van der Waals surface area contributed by atoms with E-state index in [1.807, 2.05) is 32.1 Å². The number of hydrogen-bond acceptors (Lipinski definition) is 3. The van der Waals surface area contributed by atoms with Gasteiger partial charge in [0.25, 0.3) is 5.60 Å². The van der Waals surface area contributed by atoms with E-state index in [0.29, 0.717) is 12.0 Å². The lowest BCUT2D eigenvalue weighted by Crippen LogP contribution is -2.56. The van der Waals surface area contributed by atoms with E-state index in [1.165, 1.54) is 0 Å². The van der Waals surface area contributed by atoms with Gasteiger partial charge in [0.1, 0.15) is 0 Å². The van der Waals surface area contributed by atoms with Gasteiger partial charge in [-0.05, 0) is 65.9 Å². The Morgan fingerprint density at radius 3 is 2.20 bits per heavy atom. The highest BCUT2D eigenvalue weighted by molar-refractivity contribution is 5.37. The number of rotatable bonds is 7. The van der Waals surface area contributed by atoms with Crippen molar-refractivity contribution in [1.82, 2.24) is 0 Å². The van der Waals surface area contributed by atoms with Crippen LogP contribution >= 0.6 is 0 Å². The van der Waals surface area contributed by atoms with Gasteiger partial charge < -0.3 is 15.3 Å². The number of hydrogen-bond donors (Lipinski definition) is 3. The van der Waals surface area contributed by atoms with Crippen LogP contribution in [0, 0.1) is 22.7 Å². The molecule has 3 N–H and O–H groups in total. The third-order valence-electron chi connectivity index (χ3n) is 8.98. The predicted octanol–water partition coefficient (Wildman–Crippen LogP) is 6.65. The van der Waals surface area contributed by atoms with Crippen molar-refractivity contribution in [1.29, 1.82) is 0 Å². The molecule has 0 heterocycles. The van der Waals surface area contributed by atoms with Crippen molar-refractivity contribution in [3.63, 3.8) is 0 Å². The molecule has 0 aromatic carbocycles. The number of alkyl halides is 6. The summed E-state index contributed by atoms with van der Waals surface area (Å²) in [5.41, 5.74) is -3.95. The van der Waals surface area contributed by atoms with E-state index in [-0.39, 0.29) is 35.5 Å². The summed E-state index contributed by atoms with van der Waals surface area (Å²) >= 11 is 0. The Kier molecular flexibility index (Phi) is 8.72. The molecule has 2 rings (SSSR count). The number of halogens is 6. The van der Waals surface area contributed by atoms with E-state index >= 15 is 0 Å². The highest BCUT2D eigenvalue weighted by atomic mass is 19.4. The van der Waals surface area contributed by atoms with E-state index in [4.69, 9.17) is 0 Å². The maximum Gasteiger partial charge on any atom is 0.426 e. The quantitative estimate of drug-likeness (QED) is 0.335. The molecule has 0 saturated heterocycles. The normalized spacial score (nSPS) is 32.5. The smallest absolute Gasteiger partial charge is 0.393 e. The van der Waals surface area contributed by atoms with Gasteiger partial charge in [-0.25, -0.2) is 0 Å². The van der Waals surface area contributed by atoms with Gasteiger partial charge in [-0.2, -0.15) is 26.3 Å². The van der Waals surface area contributed by atoms with Crippen molar-refractivity contribution >= 4 is 0 Å². The summed E-state index contributed by atoms with van der Waals surface area (Å²) in [4.78, 5) is 0. The first-order chi connectivity index (χ1) is 15.8. The first kappa shape index (κ1) is 29.9. The Bertz CT molecular complexity index is 812. The molecule has 3 nitrogen and oxygen atoms in total. The lowest BCUT2D eigenvalue weighted by atomic mass is 9.59. The summed E-state index contributed by atoms with van der Waals surface area (Å²) < 4.78 is 77.9. The second-order valence-corrected chi connectivity index (χ2v) is 11.1. The van der Waals surface area contributed by atoms with E-state index in [2.05, 4.69) is 20.4 Å². The van der Waals surface area contributed by atoms with Gasteiger partial charge in [0.05, 0.1) is 12.2 Å². The molecule has 0 aromatic rings. The zero-order valence-electron chi connectivity index (χ0n) is 20.8. The highest BCUT2D eigenvalue weighted by Crippen LogP contribution is 2.61. The Hall–Kier alpha value is -1.32. The zero-order valence-corrected chi connectivity index (χ0v) is 20.8. The summed E-state index contributed by atoms with van der Waals surface area (Å²) in [6.45, 7) is 11.9. The fourth-order valence-electron chi connectivity index (χ4n) is 5.77. The lowest BCUT2D eigenvalue weighted by Gasteiger charge is -2.46. The molecular weight excluding hydrogens is 474 g/mol. The summed E-state index contributed by atoms with van der Waals surface area (Å²) in [6.07, 6.45) is -6.68. The van der Waals surface area contributed by atoms with Crippen LogP contribution in [-0.4, -0.2) is 45.5 Å². The molecule has 35 heavy (non-hydrogen) atoms. The molecule has 2 fully saturated rings. The summed E-state index contributed by atoms with van der Waals surface area (Å²) in [7, 11) is 0. The second kappa shape index (κ2) is 10.2. The molecule has 0 unspecified atom stereocenters. The molecule has 2 saturated carbocycles. The van der Waals surface area contributed by atoms with Crippen molar-refractivity contribution in [2.45, 2.75) is 103 Å². The van der Waals surface area contributed by atoms with Crippen LogP contribution in [0.25, 0.3) is 0 Å². The van der Waals surface area contributed by atoms with Crippen LogP contribution in [0.15, 0.2) is 36.0 Å². The monoisotopic (exact) mass is 512 g/mol. The first-order valence-corrected chi connectivity index (χ1v) is 12.1. The van der Waals surface area contributed by atoms with Crippen LogP contribution < -0.4 is 0 Å². The Balaban J connectivity index is 2.08. The summed E-state index contributed by atoms with van der Waals surface area (Å²) in [5, 5.41) is 29.3. The average molecular weight is 513 g/mol. The Morgan fingerprint density at radius 2 is 1.66 bits per heavy atom. The van der Waals surface area contributed by atoms with E-state index in [9.17, 15) is 41.7 Å². The molecule has 0 aliphatic heterocycles. The first-order valence-electron chi connectivity index (χ1n) is 12.1. The molecule has 0 radical (unpaired) electrons. The van der Waals surface area contributed by atoms with Crippen LogP contribution in [0.1, 0.15) is 72.6 Å². The van der Waals surface area contributed by atoms with Gasteiger partial charge in [0.2, 0.25) is 0 Å². The topological polar surface area (TPSA) is 60.7 Å². The van der Waals surface area contributed by atoms with Crippen molar-refractivity contribution < 1.29 is 41.7 Å². The fraction of sp³-hybridized carbons (Fsp3) is 0.769. The van der Waals surface area contributed by atoms with Gasteiger partial charge >= 0.3 is 12.4 Å². The van der Waals surface area contributed by atoms with Gasteiger partial charge in [-0.1, -0.05) is 58.9 Å². The molecule has 0 amide bonds. The van der Waals surface area contributed by atoms with Crippen LogP contribution in [0.4, 0.5) is 26.3 Å². The minimum Gasteiger partial charge on any atom is -0.393 e. The summed E-state index contributed by atoms with van der Waals surface area (Å²) in [6, 6.07) is 0. The summed E-state index contributed by atoms with van der Waals surface area (Å²) in [5.74, 6) is -0.0378. The highest BCUT2D eigenvalue weighted by Gasteiger charge is 2.69. The van der Waals surface area contributed by atoms with E-state index < -0.39 is 43.0 Å². The number of aliphatic hydroxyl groups is 3. The van der Waals surface area contributed by atoms with Gasteiger partial charge in [0.15, 0.2) is 0 Å². The maximum atomic E-state index is 13.0. The second-order valence-electron chi connectivity index (χ2n) is 11.1. The maximum absolute atomic E-state index is 13.0. The van der Waals surface area contributed by atoms with Crippen LogP contribution in [0.2, 0.25) is 0 Å². The molecular formula is C26H38F6O3. The molecule has 0 bridgehead atoms. The van der Waals surface area contributed by atoms with Crippen molar-refractivity contribution in [3.05, 3.63) is 36.0 Å². The predicted molar refractivity (Wildman–Crippen MR) is 122 cm³/mol. The third-order valence-corrected chi connectivity index (χ3v) is 8.98. The lowest BCUT2D eigenvalue weighted by molar-refractivity contribution is -0.370. The molecule has 9 heteroatoms. The molecule has 0 aromatic heterocycles. The third kappa shape index (κ3) is 5.82. The molecule has 0 spiro atoms. The van der Waals surface area contributed by atoms with Gasteiger partial charge in [0, 0.05) is 6.42 Å². The molecule has 5 atom stereocenters. The number of aliphatic hydroxyl groups excluding tert-OH is 2. The average Bonchev–Trinajstić information content (AvgIpc) is 2.93. The molecule has 202 valence electrons. The van der Waals surface area contributed by atoms with Crippen molar-refractivity contribution in [2.24, 2.45) is 22.7 Å². The standard InChI is InChI=1S/C26H38F6O3/c1-16(8-7-12-24(35,25(27,28)29)26(30,31)32)23(5)13-11-19(22(23,3)4)10-6-9-18-14-20(33)15-21(34)17(18)2/h6,9-10,16,19-21,33-35H,2,7-8,11-15H2,1,3-5H3/b10-6+,18-9-/t16-,19-,20-,21+,23-/m1/s1. The Labute approximate surface area is 203 Å². The van der Waals surface area contributed by atoms with Crippen LogP contribution in [0.3, 0.4) is 0 Å². The number of allylic oxidation sites excluding steroid dienone is 3. The van der Waals surface area contributed by atoms with Gasteiger partial charge in [-0.3, -0.25) is 0 Å². The van der Waals surface area contributed by atoms with E-state index in [0.717, 1.165) is 18.4 Å². The van der Waals surface area contributed by atoms with Crippen LogP contribution in [-0.2, 0) is 0 Å². The minimum atomic E-state index is -5.79. The van der Waals surface area contributed by atoms with E-state index in [1.54, 1.807) is 0 Å². The molecule has 2 aliphatic rings. The van der Waals surface area contributed by atoms with Crippen molar-refractivity contribution in [3.8, 4) is 0 Å². The van der Waals surface area contributed by atoms with Crippen molar-refractivity contribution in [2.75, 3.05) is 0 Å².